The zero-order valence-corrected chi connectivity index (χ0v) is 9.79. The fourth-order valence-electron chi connectivity index (χ4n) is 1.03. The largest absolute Gasteiger partial charge is 0.419 e. The second kappa shape index (κ2) is 12.2. The molecular weight excluding hydrogens is 254 g/mol. The Morgan fingerprint density at radius 3 is 2.54 bits per heavy atom. The van der Waals surface area contributed by atoms with Crippen LogP contribution in [-0.4, -0.2) is 6.29 Å². The molecule has 1 rings (SSSR count). The molecule has 0 unspecified atom stereocenters. The molecule has 1 aliphatic carbocycles. The molecule has 1 nitrogen and oxygen atoms in total. The quantitative estimate of drug-likeness (QED) is 0.667. The fourth-order valence-corrected chi connectivity index (χ4v) is 1.03. The van der Waals surface area contributed by atoms with Gasteiger partial charge in [-0.15, -0.1) is 37.0 Å². The minimum Gasteiger partial charge on any atom is -0.419 e. The van der Waals surface area contributed by atoms with Gasteiger partial charge in [-0.1, -0.05) is 12.8 Å². The zero-order valence-electron chi connectivity index (χ0n) is 7.12. The molecule has 13 heavy (non-hydrogen) atoms. The Hall–Kier alpha value is 0.236. The van der Waals surface area contributed by atoms with Crippen LogP contribution in [0.25, 0.3) is 0 Å². The molecule has 0 atom stereocenters. The second-order valence-corrected chi connectivity index (χ2v) is 2.47. The molecule has 0 heterocycles. The first-order valence-electron chi connectivity index (χ1n) is 3.67. The van der Waals surface area contributed by atoms with Crippen molar-refractivity contribution in [3.63, 3.8) is 0 Å². The average molecular weight is 267 g/mol. The smallest absolute Gasteiger partial charge is 0 e. The summed E-state index contributed by atoms with van der Waals surface area (Å²) in [6, 6.07) is 0. The van der Waals surface area contributed by atoms with Crippen LogP contribution in [0.1, 0.15) is 25.7 Å². The van der Waals surface area contributed by atoms with E-state index in [1.807, 2.05) is 18.4 Å². The Morgan fingerprint density at radius 1 is 1.23 bits per heavy atom. The number of allylic oxidation sites excluding steroid dienone is 4. The summed E-state index contributed by atoms with van der Waals surface area (Å²) in [6.45, 7) is 0. The number of carbonyl (C=O) groups excluding carboxylic acids is 1. The van der Waals surface area contributed by atoms with Crippen LogP contribution in [0, 0.1) is 0 Å². The van der Waals surface area contributed by atoms with Gasteiger partial charge in [0.2, 0.25) is 0 Å². The maximum atomic E-state index is 10.2. The molecule has 79 valence electrons. The molecule has 1 aliphatic rings. The van der Waals surface area contributed by atoms with Gasteiger partial charge in [0.15, 0.2) is 0 Å². The number of hydrogen-bond donors (Lipinski definition) is 0. The fraction of sp³-hybridized carbons (Fsp3) is 0.444. The van der Waals surface area contributed by atoms with E-state index in [4.69, 9.17) is 0 Å². The number of halogens is 2. The van der Waals surface area contributed by atoms with Crippen molar-refractivity contribution in [1.29, 1.82) is 0 Å². The standard InChI is InChI=1S/C9H11O.2ClH.Co/c10-8-9-6-4-2-1-3-5-7-9;;;/h2,4,6H,1,3,5,7H2;2*1H;/q-1;;;. The van der Waals surface area contributed by atoms with Gasteiger partial charge in [-0.05, 0) is 19.1 Å². The summed E-state index contributed by atoms with van der Waals surface area (Å²) >= 11 is 0. The van der Waals surface area contributed by atoms with E-state index < -0.39 is 0 Å². The molecule has 0 aromatic carbocycles. The van der Waals surface area contributed by atoms with Gasteiger partial charge >= 0.3 is 0 Å². The molecule has 0 aromatic rings. The van der Waals surface area contributed by atoms with Crippen LogP contribution >= 0.6 is 24.8 Å². The van der Waals surface area contributed by atoms with E-state index in [1.54, 1.807) is 0 Å². The van der Waals surface area contributed by atoms with Crippen LogP contribution in [0.3, 0.4) is 0 Å². The summed E-state index contributed by atoms with van der Waals surface area (Å²) < 4.78 is 0. The summed E-state index contributed by atoms with van der Waals surface area (Å²) in [4.78, 5) is 10.2. The molecule has 0 bridgehead atoms. The monoisotopic (exact) mass is 266 g/mol. The van der Waals surface area contributed by atoms with Crippen molar-refractivity contribution in [2.24, 2.45) is 0 Å². The van der Waals surface area contributed by atoms with E-state index in [0.717, 1.165) is 24.8 Å². The van der Waals surface area contributed by atoms with Gasteiger partial charge in [0, 0.05) is 16.8 Å². The zero-order chi connectivity index (χ0) is 7.23. The van der Waals surface area contributed by atoms with Crippen LogP contribution < -0.4 is 0 Å². The summed E-state index contributed by atoms with van der Waals surface area (Å²) in [5.74, 6) is 0. The van der Waals surface area contributed by atoms with Crippen molar-refractivity contribution < 1.29 is 21.6 Å². The first-order valence-corrected chi connectivity index (χ1v) is 3.67. The van der Waals surface area contributed by atoms with Crippen LogP contribution in [0.5, 0.6) is 0 Å². The van der Waals surface area contributed by atoms with Crippen LogP contribution in [0.15, 0.2) is 23.8 Å². The number of rotatable bonds is 1. The van der Waals surface area contributed by atoms with Gasteiger partial charge in [-0.3, -0.25) is 0 Å². The van der Waals surface area contributed by atoms with Gasteiger partial charge < -0.3 is 4.79 Å². The first kappa shape index (κ1) is 18.9. The number of hydrogen-bond acceptors (Lipinski definition) is 1. The minimum absolute atomic E-state index is 0. The summed E-state index contributed by atoms with van der Waals surface area (Å²) in [6.07, 6.45) is 12.2. The third kappa shape index (κ3) is 8.56. The maximum Gasteiger partial charge on any atom is 0 e. The van der Waals surface area contributed by atoms with Crippen molar-refractivity contribution in [3.8, 4) is 0 Å². The van der Waals surface area contributed by atoms with Crippen molar-refractivity contribution in [2.45, 2.75) is 25.7 Å². The predicted molar refractivity (Wildman–Crippen MR) is 55.9 cm³/mol. The summed E-state index contributed by atoms with van der Waals surface area (Å²) in [5.41, 5.74) is 0.802. The Morgan fingerprint density at radius 2 is 1.92 bits per heavy atom. The summed E-state index contributed by atoms with van der Waals surface area (Å²) in [7, 11) is 0. The Labute approximate surface area is 102 Å². The van der Waals surface area contributed by atoms with Crippen molar-refractivity contribution >= 4 is 31.1 Å². The molecule has 0 fully saturated rings. The van der Waals surface area contributed by atoms with E-state index in [1.165, 1.54) is 6.42 Å². The molecule has 0 saturated carbocycles. The van der Waals surface area contributed by atoms with E-state index in [-0.39, 0.29) is 41.6 Å². The van der Waals surface area contributed by atoms with Gasteiger partial charge in [0.25, 0.3) is 0 Å². The molecule has 0 spiro atoms. The molecule has 1 radical (unpaired) electrons. The van der Waals surface area contributed by atoms with Crippen LogP contribution in [-0.2, 0) is 21.6 Å². The normalized spacial score (nSPS) is 14.6. The van der Waals surface area contributed by atoms with Crippen LogP contribution in [0.2, 0.25) is 0 Å². The van der Waals surface area contributed by atoms with E-state index in [0.29, 0.717) is 0 Å². The third-order valence-electron chi connectivity index (χ3n) is 1.63. The van der Waals surface area contributed by atoms with Crippen molar-refractivity contribution in [1.82, 2.24) is 0 Å². The second-order valence-electron chi connectivity index (χ2n) is 2.47. The molecule has 0 saturated heterocycles. The Bertz CT molecular complexity index is 178. The van der Waals surface area contributed by atoms with Gasteiger partial charge in [0.1, 0.15) is 0 Å². The van der Waals surface area contributed by atoms with Crippen molar-refractivity contribution in [3.05, 3.63) is 23.8 Å². The molecule has 0 N–H and O–H groups in total. The Balaban J connectivity index is -0.000000333. The predicted octanol–water partition coefficient (Wildman–Crippen LogP) is 2.99. The van der Waals surface area contributed by atoms with E-state index in [2.05, 4.69) is 6.08 Å². The topological polar surface area (TPSA) is 17.1 Å². The van der Waals surface area contributed by atoms with E-state index >= 15 is 0 Å². The van der Waals surface area contributed by atoms with E-state index in [9.17, 15) is 4.79 Å². The Kier molecular flexibility index (Phi) is 17.8. The maximum absolute atomic E-state index is 10.2. The molecule has 0 aromatic heterocycles. The molecule has 0 aliphatic heterocycles. The first-order chi connectivity index (χ1) is 4.93. The third-order valence-corrected chi connectivity index (χ3v) is 1.63. The van der Waals surface area contributed by atoms with Gasteiger partial charge in [-0.25, -0.2) is 6.08 Å². The SMILES string of the molecule is Cl.Cl.O=[C-]C1=CC=CCCCC1.[Co]. The van der Waals surface area contributed by atoms with Crippen LogP contribution in [0.4, 0.5) is 0 Å². The van der Waals surface area contributed by atoms with Crippen molar-refractivity contribution in [2.75, 3.05) is 0 Å². The van der Waals surface area contributed by atoms with Gasteiger partial charge in [-0.2, -0.15) is 5.57 Å². The molecule has 0 amide bonds. The average Bonchev–Trinajstić information content (AvgIpc) is 1.87. The van der Waals surface area contributed by atoms with Gasteiger partial charge in [0.05, 0.1) is 0 Å². The summed E-state index contributed by atoms with van der Waals surface area (Å²) in [5, 5.41) is 0. The molecule has 4 heteroatoms. The molecular formula is C9H13Cl2CoO-. The minimum atomic E-state index is 0.